The quantitative estimate of drug-likeness (QED) is 0.856. The first-order valence-corrected chi connectivity index (χ1v) is 7.27. The first-order chi connectivity index (χ1) is 9.30. The first kappa shape index (κ1) is 14.4. The summed E-state index contributed by atoms with van der Waals surface area (Å²) in [5.41, 5.74) is 1.29. The van der Waals surface area contributed by atoms with E-state index < -0.39 is 0 Å². The molecule has 0 heterocycles. The third-order valence-corrected chi connectivity index (χ3v) is 4.44. The lowest BCUT2D eigenvalue weighted by Gasteiger charge is -2.34. The van der Waals surface area contributed by atoms with Crippen LogP contribution in [0.25, 0.3) is 0 Å². The number of para-hydroxylation sites is 1. The first-order valence-electron chi connectivity index (χ1n) is 7.27. The predicted octanol–water partition coefficient (Wildman–Crippen LogP) is 2.73. The highest BCUT2D eigenvalue weighted by Crippen LogP contribution is 2.37. The van der Waals surface area contributed by atoms with Gasteiger partial charge in [0.2, 0.25) is 0 Å². The molecule has 3 heteroatoms. The standard InChI is InChI=1S/C16H26N2O/c1-17-13-10-8-12(9-11-13)16(18-2)14-6-4-5-7-15(14)19-3/h4-7,12-13,16-18H,8-11H2,1-3H3. The Morgan fingerprint density at radius 2 is 1.79 bits per heavy atom. The van der Waals surface area contributed by atoms with Gasteiger partial charge in [0, 0.05) is 17.6 Å². The lowest BCUT2D eigenvalue weighted by molar-refractivity contribution is 0.244. The molecule has 1 fully saturated rings. The molecule has 1 aromatic carbocycles. The Balaban J connectivity index is 2.12. The number of ether oxygens (including phenoxy) is 1. The van der Waals surface area contributed by atoms with E-state index in [0.29, 0.717) is 18.0 Å². The molecular weight excluding hydrogens is 236 g/mol. The van der Waals surface area contributed by atoms with Gasteiger partial charge in [-0.1, -0.05) is 18.2 Å². The second-order valence-electron chi connectivity index (χ2n) is 5.41. The van der Waals surface area contributed by atoms with E-state index in [-0.39, 0.29) is 0 Å². The lowest BCUT2D eigenvalue weighted by atomic mass is 9.79. The van der Waals surface area contributed by atoms with Crippen molar-refractivity contribution in [1.82, 2.24) is 10.6 Å². The molecule has 2 rings (SSSR count). The Kier molecular flexibility index (Phi) is 5.23. The van der Waals surface area contributed by atoms with Crippen LogP contribution >= 0.6 is 0 Å². The van der Waals surface area contributed by atoms with Gasteiger partial charge in [-0.15, -0.1) is 0 Å². The van der Waals surface area contributed by atoms with Crippen molar-refractivity contribution < 1.29 is 4.74 Å². The van der Waals surface area contributed by atoms with E-state index in [9.17, 15) is 0 Å². The molecule has 0 spiro atoms. The fraction of sp³-hybridized carbons (Fsp3) is 0.625. The molecule has 1 atom stereocenters. The summed E-state index contributed by atoms with van der Waals surface area (Å²) in [6.07, 6.45) is 5.09. The van der Waals surface area contributed by atoms with Gasteiger partial charge in [0.05, 0.1) is 7.11 Å². The van der Waals surface area contributed by atoms with Crippen LogP contribution in [0.15, 0.2) is 24.3 Å². The second-order valence-corrected chi connectivity index (χ2v) is 5.41. The van der Waals surface area contributed by atoms with Gasteiger partial charge in [0.1, 0.15) is 5.75 Å². The zero-order valence-electron chi connectivity index (χ0n) is 12.3. The second kappa shape index (κ2) is 6.92. The van der Waals surface area contributed by atoms with Crippen LogP contribution in [-0.2, 0) is 0 Å². The smallest absolute Gasteiger partial charge is 0.123 e. The Bertz CT molecular complexity index is 386. The normalized spacial score (nSPS) is 25.0. The van der Waals surface area contributed by atoms with Crippen molar-refractivity contribution in [3.8, 4) is 5.75 Å². The molecule has 1 aromatic rings. The highest BCUT2D eigenvalue weighted by atomic mass is 16.5. The average molecular weight is 262 g/mol. The van der Waals surface area contributed by atoms with E-state index in [1.807, 2.05) is 6.07 Å². The molecular formula is C16H26N2O. The van der Waals surface area contributed by atoms with Crippen LogP contribution < -0.4 is 15.4 Å². The van der Waals surface area contributed by atoms with Crippen LogP contribution in [0.2, 0.25) is 0 Å². The van der Waals surface area contributed by atoms with Crippen molar-refractivity contribution in [2.24, 2.45) is 5.92 Å². The summed E-state index contributed by atoms with van der Waals surface area (Å²) in [7, 11) is 5.88. The van der Waals surface area contributed by atoms with Crippen molar-refractivity contribution >= 4 is 0 Å². The Morgan fingerprint density at radius 1 is 1.11 bits per heavy atom. The summed E-state index contributed by atoms with van der Waals surface area (Å²) >= 11 is 0. The Morgan fingerprint density at radius 3 is 2.37 bits per heavy atom. The molecule has 2 N–H and O–H groups in total. The van der Waals surface area contributed by atoms with E-state index in [1.165, 1.54) is 31.2 Å². The lowest BCUT2D eigenvalue weighted by Crippen LogP contribution is -2.35. The highest BCUT2D eigenvalue weighted by Gasteiger charge is 2.28. The average Bonchev–Trinajstić information content (AvgIpc) is 2.49. The molecule has 1 unspecified atom stereocenters. The molecule has 0 aromatic heterocycles. The fourth-order valence-corrected chi connectivity index (χ4v) is 3.31. The van der Waals surface area contributed by atoms with Gasteiger partial charge in [0.15, 0.2) is 0 Å². The topological polar surface area (TPSA) is 33.3 Å². The molecule has 1 aliphatic rings. The molecule has 0 amide bonds. The van der Waals surface area contributed by atoms with Gasteiger partial charge in [-0.05, 0) is 51.8 Å². The summed E-state index contributed by atoms with van der Waals surface area (Å²) in [4.78, 5) is 0. The van der Waals surface area contributed by atoms with E-state index in [0.717, 1.165) is 5.75 Å². The maximum atomic E-state index is 5.51. The number of hydrogen-bond acceptors (Lipinski definition) is 3. The maximum absolute atomic E-state index is 5.51. The molecule has 19 heavy (non-hydrogen) atoms. The van der Waals surface area contributed by atoms with Gasteiger partial charge in [-0.25, -0.2) is 0 Å². The molecule has 1 saturated carbocycles. The van der Waals surface area contributed by atoms with E-state index in [2.05, 4.69) is 42.9 Å². The summed E-state index contributed by atoms with van der Waals surface area (Å²) in [5.74, 6) is 1.70. The number of nitrogens with one attached hydrogen (secondary N) is 2. The maximum Gasteiger partial charge on any atom is 0.123 e. The summed E-state index contributed by atoms with van der Waals surface area (Å²) in [6.45, 7) is 0. The zero-order valence-corrected chi connectivity index (χ0v) is 12.3. The van der Waals surface area contributed by atoms with E-state index >= 15 is 0 Å². The number of benzene rings is 1. The number of rotatable bonds is 5. The Hall–Kier alpha value is -1.06. The van der Waals surface area contributed by atoms with Gasteiger partial charge < -0.3 is 15.4 Å². The van der Waals surface area contributed by atoms with Crippen LogP contribution in [0.5, 0.6) is 5.75 Å². The molecule has 0 saturated heterocycles. The molecule has 0 radical (unpaired) electrons. The van der Waals surface area contributed by atoms with Crippen molar-refractivity contribution in [1.29, 1.82) is 0 Å². The van der Waals surface area contributed by atoms with Gasteiger partial charge in [0.25, 0.3) is 0 Å². The molecule has 106 valence electrons. The van der Waals surface area contributed by atoms with Crippen LogP contribution in [0.1, 0.15) is 37.3 Å². The minimum Gasteiger partial charge on any atom is -0.496 e. The van der Waals surface area contributed by atoms with Gasteiger partial charge in [-0.3, -0.25) is 0 Å². The van der Waals surface area contributed by atoms with Gasteiger partial charge in [-0.2, -0.15) is 0 Å². The third-order valence-electron chi connectivity index (χ3n) is 4.44. The van der Waals surface area contributed by atoms with Crippen LogP contribution in [-0.4, -0.2) is 27.2 Å². The van der Waals surface area contributed by atoms with Crippen molar-refractivity contribution in [3.05, 3.63) is 29.8 Å². The predicted molar refractivity (Wildman–Crippen MR) is 79.6 cm³/mol. The molecule has 0 bridgehead atoms. The van der Waals surface area contributed by atoms with Crippen LogP contribution in [0.4, 0.5) is 0 Å². The van der Waals surface area contributed by atoms with Gasteiger partial charge >= 0.3 is 0 Å². The Labute approximate surface area is 116 Å². The zero-order chi connectivity index (χ0) is 13.7. The van der Waals surface area contributed by atoms with Crippen LogP contribution in [0.3, 0.4) is 0 Å². The summed E-state index contributed by atoms with van der Waals surface area (Å²) in [6, 6.07) is 9.47. The van der Waals surface area contributed by atoms with E-state index in [1.54, 1.807) is 7.11 Å². The molecule has 0 aliphatic heterocycles. The number of hydrogen-bond donors (Lipinski definition) is 2. The number of methoxy groups -OCH3 is 1. The van der Waals surface area contributed by atoms with Crippen molar-refractivity contribution in [2.75, 3.05) is 21.2 Å². The SMILES string of the molecule is CNC1CCC(C(NC)c2ccccc2OC)CC1. The van der Waals surface area contributed by atoms with Crippen molar-refractivity contribution in [3.63, 3.8) is 0 Å². The molecule has 1 aliphatic carbocycles. The molecule has 3 nitrogen and oxygen atoms in total. The van der Waals surface area contributed by atoms with Crippen molar-refractivity contribution in [2.45, 2.75) is 37.8 Å². The minimum absolute atomic E-state index is 0.397. The largest absolute Gasteiger partial charge is 0.496 e. The van der Waals surface area contributed by atoms with Crippen LogP contribution in [0, 0.1) is 5.92 Å². The highest BCUT2D eigenvalue weighted by molar-refractivity contribution is 5.36. The fourth-order valence-electron chi connectivity index (χ4n) is 3.31. The minimum atomic E-state index is 0.397. The van der Waals surface area contributed by atoms with E-state index in [4.69, 9.17) is 4.74 Å². The summed E-state index contributed by atoms with van der Waals surface area (Å²) in [5, 5.41) is 6.89. The summed E-state index contributed by atoms with van der Waals surface area (Å²) < 4.78 is 5.51. The third kappa shape index (κ3) is 3.28. The monoisotopic (exact) mass is 262 g/mol.